The summed E-state index contributed by atoms with van der Waals surface area (Å²) in [5.74, 6) is 1.74. The Balaban J connectivity index is 1.26. The Kier molecular flexibility index (Phi) is 6.42. The van der Waals surface area contributed by atoms with Crippen molar-refractivity contribution >= 4 is 43.7 Å². The number of fused-ring (bicyclic) bond motifs is 6. The first kappa shape index (κ1) is 28.2. The predicted molar refractivity (Wildman–Crippen MR) is 203 cm³/mol. The molecule has 0 atom stereocenters. The third kappa shape index (κ3) is 4.52. The van der Waals surface area contributed by atoms with Crippen molar-refractivity contribution in [1.29, 1.82) is 0 Å². The van der Waals surface area contributed by atoms with E-state index in [1.165, 1.54) is 11.1 Å². The van der Waals surface area contributed by atoms with E-state index in [0.29, 0.717) is 17.6 Å². The highest BCUT2D eigenvalue weighted by molar-refractivity contribution is 6.12. The molecule has 3 heterocycles. The summed E-state index contributed by atoms with van der Waals surface area (Å²) in [4.78, 5) is 15.6. The molecule has 0 amide bonds. The van der Waals surface area contributed by atoms with Crippen LogP contribution in [0.15, 0.2) is 174 Å². The minimum absolute atomic E-state index is 0.554. The van der Waals surface area contributed by atoms with E-state index >= 15 is 0 Å². The van der Waals surface area contributed by atoms with Gasteiger partial charge in [0.15, 0.2) is 11.6 Å². The number of aromatic nitrogens is 4. The van der Waals surface area contributed by atoms with E-state index in [2.05, 4.69) is 114 Å². The van der Waals surface area contributed by atoms with Crippen molar-refractivity contribution in [3.8, 4) is 51.0 Å². The second kappa shape index (κ2) is 11.4. The third-order valence-corrected chi connectivity index (χ3v) is 9.50. The van der Waals surface area contributed by atoms with Gasteiger partial charge in [0.1, 0.15) is 11.2 Å². The van der Waals surface area contributed by atoms with Crippen molar-refractivity contribution in [1.82, 2.24) is 19.5 Å². The van der Waals surface area contributed by atoms with Gasteiger partial charge in [0.25, 0.3) is 0 Å². The Labute approximate surface area is 287 Å². The molecule has 10 aromatic rings. The summed E-state index contributed by atoms with van der Waals surface area (Å²) in [7, 11) is 0. The van der Waals surface area contributed by atoms with Gasteiger partial charge >= 0.3 is 0 Å². The second-order valence-electron chi connectivity index (χ2n) is 12.4. The van der Waals surface area contributed by atoms with Gasteiger partial charge in [0.2, 0.25) is 5.95 Å². The lowest BCUT2D eigenvalue weighted by molar-refractivity contribution is 0.669. The molecule has 234 valence electrons. The Bertz CT molecular complexity index is 2870. The number of furan rings is 1. The maximum atomic E-state index is 6.27. The third-order valence-electron chi connectivity index (χ3n) is 9.50. The average molecular weight is 641 g/mol. The molecule has 0 radical (unpaired) electrons. The molecule has 5 nitrogen and oxygen atoms in total. The number of benzene rings is 7. The number of hydrogen-bond acceptors (Lipinski definition) is 4. The van der Waals surface area contributed by atoms with Gasteiger partial charge in [-0.25, -0.2) is 4.98 Å². The van der Waals surface area contributed by atoms with Gasteiger partial charge in [0, 0.05) is 32.7 Å². The van der Waals surface area contributed by atoms with Gasteiger partial charge in [-0.2, -0.15) is 9.97 Å². The van der Waals surface area contributed by atoms with Gasteiger partial charge in [0.05, 0.1) is 11.0 Å². The second-order valence-corrected chi connectivity index (χ2v) is 12.4. The number of hydrogen-bond donors (Lipinski definition) is 0. The fraction of sp³-hybridized carbons (Fsp3) is 0. The van der Waals surface area contributed by atoms with E-state index < -0.39 is 0 Å². The molecule has 3 aromatic heterocycles. The van der Waals surface area contributed by atoms with Crippen molar-refractivity contribution in [3.05, 3.63) is 170 Å². The molecular formula is C45H28N4O. The molecule has 0 aliphatic carbocycles. The molecule has 0 N–H and O–H groups in total. The Morgan fingerprint density at radius 3 is 1.80 bits per heavy atom. The lowest BCUT2D eigenvalue weighted by Crippen LogP contribution is -2.06. The summed E-state index contributed by atoms with van der Waals surface area (Å²) in [6.45, 7) is 0. The molecule has 0 aliphatic heterocycles. The maximum Gasteiger partial charge on any atom is 0.238 e. The number of nitrogens with zero attached hydrogens (tertiary/aromatic N) is 4. The highest BCUT2D eigenvalue weighted by Crippen LogP contribution is 2.39. The van der Waals surface area contributed by atoms with Crippen molar-refractivity contribution in [2.45, 2.75) is 0 Å². The van der Waals surface area contributed by atoms with E-state index in [0.717, 1.165) is 66.0 Å². The highest BCUT2D eigenvalue weighted by Gasteiger charge is 2.21. The number of para-hydroxylation sites is 2. The van der Waals surface area contributed by atoms with Gasteiger partial charge in [-0.1, -0.05) is 146 Å². The van der Waals surface area contributed by atoms with Gasteiger partial charge in [-0.15, -0.1) is 0 Å². The van der Waals surface area contributed by atoms with Crippen LogP contribution in [0.3, 0.4) is 0 Å². The van der Waals surface area contributed by atoms with Crippen LogP contribution < -0.4 is 0 Å². The zero-order valence-corrected chi connectivity index (χ0v) is 26.9. The first-order chi connectivity index (χ1) is 24.8. The lowest BCUT2D eigenvalue weighted by Gasteiger charge is -2.13. The molecule has 0 fully saturated rings. The van der Waals surface area contributed by atoms with E-state index in [9.17, 15) is 0 Å². The Morgan fingerprint density at radius 2 is 0.980 bits per heavy atom. The Hall–Kier alpha value is -6.85. The largest absolute Gasteiger partial charge is 0.456 e. The monoisotopic (exact) mass is 640 g/mol. The van der Waals surface area contributed by atoms with Crippen LogP contribution in [0.5, 0.6) is 0 Å². The molecule has 0 bridgehead atoms. The average Bonchev–Trinajstić information content (AvgIpc) is 3.74. The molecule has 0 spiro atoms. The fourth-order valence-corrected chi connectivity index (χ4v) is 7.22. The van der Waals surface area contributed by atoms with Crippen molar-refractivity contribution in [3.63, 3.8) is 0 Å². The van der Waals surface area contributed by atoms with E-state index in [1.54, 1.807) is 0 Å². The smallest absolute Gasteiger partial charge is 0.238 e. The first-order valence-corrected chi connectivity index (χ1v) is 16.7. The van der Waals surface area contributed by atoms with E-state index in [1.807, 2.05) is 60.7 Å². The lowest BCUT2D eigenvalue weighted by atomic mass is 9.94. The highest BCUT2D eigenvalue weighted by atomic mass is 16.3. The van der Waals surface area contributed by atoms with Crippen LogP contribution >= 0.6 is 0 Å². The molecule has 7 aromatic carbocycles. The molecule has 0 saturated carbocycles. The summed E-state index contributed by atoms with van der Waals surface area (Å²) < 4.78 is 8.45. The van der Waals surface area contributed by atoms with Gasteiger partial charge < -0.3 is 4.42 Å². The summed E-state index contributed by atoms with van der Waals surface area (Å²) in [6.07, 6.45) is 0. The molecule has 10 rings (SSSR count). The van der Waals surface area contributed by atoms with Crippen LogP contribution in [0, 0.1) is 0 Å². The van der Waals surface area contributed by atoms with Gasteiger partial charge in [-0.3, -0.25) is 4.57 Å². The molecule has 50 heavy (non-hydrogen) atoms. The topological polar surface area (TPSA) is 56.7 Å². The van der Waals surface area contributed by atoms with E-state index in [-0.39, 0.29) is 0 Å². The standard InChI is InChI=1S/C45H28N4O/c1-3-14-29(15-4-1)32-18-7-8-19-33(32)31-26-27-35-34-20-9-11-23-38(34)49(39(35)28-31)45-47-43(30-16-5-2-6-17-30)46-44(48-45)37-22-13-25-41-42(37)36-21-10-12-24-40(36)50-41/h1-28H. The fourth-order valence-electron chi connectivity index (χ4n) is 7.22. The first-order valence-electron chi connectivity index (χ1n) is 16.7. The van der Waals surface area contributed by atoms with Crippen molar-refractivity contribution in [2.75, 3.05) is 0 Å². The van der Waals surface area contributed by atoms with E-state index in [4.69, 9.17) is 19.4 Å². The van der Waals surface area contributed by atoms with Crippen LogP contribution in [0.1, 0.15) is 0 Å². The summed E-state index contributed by atoms with van der Waals surface area (Å²) in [6, 6.07) is 58.6. The zero-order chi connectivity index (χ0) is 33.0. The van der Waals surface area contributed by atoms with Crippen LogP contribution in [0.25, 0.3) is 94.7 Å². The molecule has 0 aliphatic rings. The van der Waals surface area contributed by atoms with Crippen LogP contribution in [-0.4, -0.2) is 19.5 Å². The van der Waals surface area contributed by atoms with Crippen LogP contribution in [0.4, 0.5) is 0 Å². The summed E-state index contributed by atoms with van der Waals surface area (Å²) in [5.41, 5.74) is 10.1. The van der Waals surface area contributed by atoms with Crippen LogP contribution in [0.2, 0.25) is 0 Å². The van der Waals surface area contributed by atoms with Crippen LogP contribution in [-0.2, 0) is 0 Å². The number of rotatable bonds is 5. The predicted octanol–water partition coefficient (Wildman–Crippen LogP) is 11.5. The SMILES string of the molecule is c1ccc(-c2nc(-c3cccc4oc5ccccc5c34)nc(-n3c4ccccc4c4ccc(-c5ccccc5-c5ccccc5)cc43)n2)cc1. The quantitative estimate of drug-likeness (QED) is 0.188. The Morgan fingerprint density at radius 1 is 0.380 bits per heavy atom. The molecular weight excluding hydrogens is 613 g/mol. The van der Waals surface area contributed by atoms with Crippen molar-refractivity contribution < 1.29 is 4.42 Å². The minimum atomic E-state index is 0.554. The van der Waals surface area contributed by atoms with Gasteiger partial charge in [-0.05, 0) is 46.5 Å². The molecule has 0 unspecified atom stereocenters. The minimum Gasteiger partial charge on any atom is -0.456 e. The molecule has 0 saturated heterocycles. The zero-order valence-electron chi connectivity index (χ0n) is 26.9. The summed E-state index contributed by atoms with van der Waals surface area (Å²) in [5, 5.41) is 4.28. The summed E-state index contributed by atoms with van der Waals surface area (Å²) >= 11 is 0. The van der Waals surface area contributed by atoms with Crippen molar-refractivity contribution in [2.24, 2.45) is 0 Å². The molecule has 5 heteroatoms. The normalized spacial score (nSPS) is 11.6. The maximum absolute atomic E-state index is 6.27.